The van der Waals surface area contributed by atoms with Crippen LogP contribution in [-0.4, -0.2) is 6.61 Å². The van der Waals surface area contributed by atoms with Crippen LogP contribution < -0.4 is 16.0 Å². The molecule has 3 rings (SSSR count). The van der Waals surface area contributed by atoms with Crippen LogP contribution in [0.1, 0.15) is 43.4 Å². The highest BCUT2D eigenvalue weighted by molar-refractivity contribution is 5.45. The molecule has 1 saturated carbocycles. The third-order valence-electron chi connectivity index (χ3n) is 4.47. The molecule has 1 aromatic rings. The van der Waals surface area contributed by atoms with E-state index in [4.69, 9.17) is 10.6 Å². The zero-order valence-electron chi connectivity index (χ0n) is 11.0. The van der Waals surface area contributed by atoms with Crippen LogP contribution in [0.4, 0.5) is 0 Å². The summed E-state index contributed by atoms with van der Waals surface area (Å²) in [6.07, 6.45) is 4.87. The van der Waals surface area contributed by atoms with Crippen LogP contribution in [-0.2, 0) is 6.42 Å². The SMILES string of the molecule is CC1CCC(C(NN)c2cccc3c2OCC3)C1. The molecule has 0 amide bonds. The third-order valence-corrected chi connectivity index (χ3v) is 4.47. The molecule has 3 unspecified atom stereocenters. The average molecular weight is 246 g/mol. The quantitative estimate of drug-likeness (QED) is 0.636. The molecule has 3 heteroatoms. The molecular weight excluding hydrogens is 224 g/mol. The van der Waals surface area contributed by atoms with E-state index in [1.54, 1.807) is 0 Å². The van der Waals surface area contributed by atoms with Gasteiger partial charge in [-0.15, -0.1) is 0 Å². The molecule has 1 aromatic carbocycles. The summed E-state index contributed by atoms with van der Waals surface area (Å²) in [4.78, 5) is 0. The van der Waals surface area contributed by atoms with Crippen molar-refractivity contribution < 1.29 is 4.74 Å². The topological polar surface area (TPSA) is 47.3 Å². The fourth-order valence-corrected chi connectivity index (χ4v) is 3.52. The van der Waals surface area contributed by atoms with E-state index in [-0.39, 0.29) is 6.04 Å². The Morgan fingerprint density at radius 3 is 3.00 bits per heavy atom. The number of nitrogens with one attached hydrogen (secondary N) is 1. The van der Waals surface area contributed by atoms with Crippen molar-refractivity contribution in [2.24, 2.45) is 17.7 Å². The summed E-state index contributed by atoms with van der Waals surface area (Å²) < 4.78 is 5.80. The van der Waals surface area contributed by atoms with Crippen molar-refractivity contribution in [1.82, 2.24) is 5.43 Å². The van der Waals surface area contributed by atoms with E-state index in [0.717, 1.165) is 24.7 Å². The van der Waals surface area contributed by atoms with Gasteiger partial charge in [0.05, 0.1) is 12.6 Å². The smallest absolute Gasteiger partial charge is 0.127 e. The number of nitrogens with two attached hydrogens (primary N) is 1. The van der Waals surface area contributed by atoms with Crippen molar-refractivity contribution >= 4 is 0 Å². The summed E-state index contributed by atoms with van der Waals surface area (Å²) >= 11 is 0. The predicted octanol–water partition coefficient (Wildman–Crippen LogP) is 2.56. The molecule has 98 valence electrons. The Morgan fingerprint density at radius 1 is 1.39 bits per heavy atom. The van der Waals surface area contributed by atoms with Gasteiger partial charge in [0.25, 0.3) is 0 Å². The summed E-state index contributed by atoms with van der Waals surface area (Å²) in [6.45, 7) is 3.14. The standard InChI is InChI=1S/C15H22N2O/c1-10-5-6-12(9-10)14(17-16)13-4-2-3-11-7-8-18-15(11)13/h2-4,10,12,14,17H,5-9,16H2,1H3. The molecule has 3 nitrogen and oxygen atoms in total. The van der Waals surface area contributed by atoms with Gasteiger partial charge >= 0.3 is 0 Å². The number of ether oxygens (including phenoxy) is 1. The van der Waals surface area contributed by atoms with Gasteiger partial charge in [-0.2, -0.15) is 0 Å². The van der Waals surface area contributed by atoms with E-state index in [1.165, 1.54) is 30.4 Å². The molecule has 0 radical (unpaired) electrons. The predicted molar refractivity (Wildman–Crippen MR) is 72.2 cm³/mol. The van der Waals surface area contributed by atoms with Gasteiger partial charge < -0.3 is 4.74 Å². The molecule has 0 aromatic heterocycles. The highest BCUT2D eigenvalue weighted by Crippen LogP contribution is 2.42. The van der Waals surface area contributed by atoms with Crippen LogP contribution in [0.5, 0.6) is 5.75 Å². The van der Waals surface area contributed by atoms with Crippen molar-refractivity contribution in [3.05, 3.63) is 29.3 Å². The van der Waals surface area contributed by atoms with Gasteiger partial charge in [0.2, 0.25) is 0 Å². The fraction of sp³-hybridized carbons (Fsp3) is 0.600. The van der Waals surface area contributed by atoms with Gasteiger partial charge in [0.15, 0.2) is 0 Å². The molecular formula is C15H22N2O. The molecule has 18 heavy (non-hydrogen) atoms. The summed E-state index contributed by atoms with van der Waals surface area (Å²) in [7, 11) is 0. The largest absolute Gasteiger partial charge is 0.493 e. The first-order valence-corrected chi connectivity index (χ1v) is 7.00. The first-order chi connectivity index (χ1) is 8.79. The normalized spacial score (nSPS) is 27.9. The van der Waals surface area contributed by atoms with Crippen molar-refractivity contribution in [3.8, 4) is 5.75 Å². The molecule has 3 atom stereocenters. The third kappa shape index (κ3) is 2.02. The van der Waals surface area contributed by atoms with Gasteiger partial charge in [0, 0.05) is 12.0 Å². The maximum atomic E-state index is 5.82. The lowest BCUT2D eigenvalue weighted by Gasteiger charge is -2.25. The molecule has 1 aliphatic carbocycles. The van der Waals surface area contributed by atoms with Crippen LogP contribution in [0.15, 0.2) is 18.2 Å². The zero-order valence-corrected chi connectivity index (χ0v) is 11.0. The number of rotatable bonds is 3. The first kappa shape index (κ1) is 12.0. The van der Waals surface area contributed by atoms with E-state index in [1.807, 2.05) is 0 Å². The van der Waals surface area contributed by atoms with Crippen LogP contribution in [0, 0.1) is 11.8 Å². The minimum absolute atomic E-state index is 0.239. The Kier molecular flexibility index (Phi) is 3.27. The van der Waals surface area contributed by atoms with Gasteiger partial charge in [-0.25, -0.2) is 0 Å². The van der Waals surface area contributed by atoms with Crippen LogP contribution in [0.2, 0.25) is 0 Å². The summed E-state index contributed by atoms with van der Waals surface area (Å²) in [5, 5.41) is 0. The molecule has 2 aliphatic rings. The maximum Gasteiger partial charge on any atom is 0.127 e. The molecule has 1 heterocycles. The highest BCUT2D eigenvalue weighted by atomic mass is 16.5. The Morgan fingerprint density at radius 2 is 2.28 bits per heavy atom. The molecule has 0 bridgehead atoms. The van der Waals surface area contributed by atoms with Gasteiger partial charge in [-0.05, 0) is 30.2 Å². The Balaban J connectivity index is 1.90. The fourth-order valence-electron chi connectivity index (χ4n) is 3.52. The number of hydrazine groups is 1. The van der Waals surface area contributed by atoms with Crippen molar-refractivity contribution in [2.75, 3.05) is 6.61 Å². The minimum Gasteiger partial charge on any atom is -0.493 e. The second kappa shape index (κ2) is 4.90. The summed E-state index contributed by atoms with van der Waals surface area (Å²) in [6, 6.07) is 6.70. The second-order valence-electron chi connectivity index (χ2n) is 5.76. The molecule has 1 aliphatic heterocycles. The van der Waals surface area contributed by atoms with E-state index in [0.29, 0.717) is 5.92 Å². The van der Waals surface area contributed by atoms with E-state index in [9.17, 15) is 0 Å². The Bertz CT molecular complexity index is 433. The summed E-state index contributed by atoms with van der Waals surface area (Å²) in [5.74, 6) is 8.36. The highest BCUT2D eigenvalue weighted by Gasteiger charge is 2.32. The van der Waals surface area contributed by atoms with Gasteiger partial charge in [-0.3, -0.25) is 11.3 Å². The van der Waals surface area contributed by atoms with E-state index >= 15 is 0 Å². The second-order valence-corrected chi connectivity index (χ2v) is 5.76. The Labute approximate surface area is 109 Å². The minimum atomic E-state index is 0.239. The monoisotopic (exact) mass is 246 g/mol. The van der Waals surface area contributed by atoms with Crippen LogP contribution >= 0.6 is 0 Å². The first-order valence-electron chi connectivity index (χ1n) is 7.00. The van der Waals surface area contributed by atoms with E-state index < -0.39 is 0 Å². The lowest BCUT2D eigenvalue weighted by molar-refractivity contribution is 0.325. The number of fused-ring (bicyclic) bond motifs is 1. The molecule has 0 saturated heterocycles. The van der Waals surface area contributed by atoms with Gasteiger partial charge in [0.1, 0.15) is 5.75 Å². The Hall–Kier alpha value is -1.06. The van der Waals surface area contributed by atoms with Crippen molar-refractivity contribution in [1.29, 1.82) is 0 Å². The lowest BCUT2D eigenvalue weighted by atomic mass is 9.90. The van der Waals surface area contributed by atoms with Crippen LogP contribution in [0.3, 0.4) is 0 Å². The van der Waals surface area contributed by atoms with Gasteiger partial charge in [-0.1, -0.05) is 31.5 Å². The number of para-hydroxylation sites is 1. The summed E-state index contributed by atoms with van der Waals surface area (Å²) in [5.41, 5.74) is 5.62. The molecule has 1 fully saturated rings. The van der Waals surface area contributed by atoms with Crippen molar-refractivity contribution in [2.45, 2.75) is 38.6 Å². The van der Waals surface area contributed by atoms with E-state index in [2.05, 4.69) is 30.5 Å². The number of hydrogen-bond donors (Lipinski definition) is 2. The average Bonchev–Trinajstić information content (AvgIpc) is 2.99. The maximum absolute atomic E-state index is 5.82. The number of hydrogen-bond acceptors (Lipinski definition) is 3. The lowest BCUT2D eigenvalue weighted by Crippen LogP contribution is -2.33. The molecule has 0 spiro atoms. The van der Waals surface area contributed by atoms with Crippen LogP contribution in [0.25, 0.3) is 0 Å². The molecule has 3 N–H and O–H groups in total. The zero-order chi connectivity index (χ0) is 12.5. The number of benzene rings is 1. The van der Waals surface area contributed by atoms with Crippen molar-refractivity contribution in [3.63, 3.8) is 0 Å².